The molecule has 2 aromatic heterocycles. The van der Waals surface area contributed by atoms with E-state index in [0.717, 1.165) is 0 Å². The van der Waals surface area contributed by atoms with Crippen molar-refractivity contribution in [3.05, 3.63) is 29.0 Å². The lowest BCUT2D eigenvalue weighted by Gasteiger charge is -2.14. The zero-order valence-electron chi connectivity index (χ0n) is 21.9. The molecule has 2 atom stereocenters. The summed E-state index contributed by atoms with van der Waals surface area (Å²) in [6.45, 7) is -6.63. The Morgan fingerprint density at radius 1 is 1.45 bits per heavy atom. The van der Waals surface area contributed by atoms with Gasteiger partial charge in [-0.2, -0.15) is 5.10 Å². The molecule has 0 aliphatic heterocycles. The van der Waals surface area contributed by atoms with E-state index < -0.39 is 41.9 Å². The molecule has 2 aromatic rings. The van der Waals surface area contributed by atoms with Crippen molar-refractivity contribution in [2.24, 2.45) is 5.14 Å². The summed E-state index contributed by atoms with van der Waals surface area (Å²) in [5.74, 6) is 0.462. The number of nitrogens with two attached hydrogens (primary N) is 1. The number of hydrogen-bond donors (Lipinski definition) is 4. The lowest BCUT2D eigenvalue weighted by Crippen LogP contribution is -2.33. The predicted molar refractivity (Wildman–Crippen MR) is 108 cm³/mol. The second-order valence-corrected chi connectivity index (χ2v) is 8.29. The number of ether oxygens (including phenoxy) is 1. The number of hydrogen-bond acceptors (Lipinski definition) is 7. The van der Waals surface area contributed by atoms with Crippen LogP contribution in [0.1, 0.15) is 54.2 Å². The summed E-state index contributed by atoms with van der Waals surface area (Å²) in [5, 5.41) is 16.3. The highest BCUT2D eigenvalue weighted by Gasteiger charge is 2.30. The first-order valence-corrected chi connectivity index (χ1v) is 10.3. The van der Waals surface area contributed by atoms with Crippen LogP contribution >= 0.6 is 11.6 Å². The molecule has 2 unspecified atom stereocenters. The molecule has 29 heavy (non-hydrogen) atoms. The topological polar surface area (TPSA) is 152 Å². The van der Waals surface area contributed by atoms with Crippen LogP contribution in [0.5, 0.6) is 0 Å². The number of alkyl carbamates (subject to hydrolysis) is 1. The number of rotatable bonds is 6. The number of aromatic amines is 1. The molecule has 0 aromatic carbocycles. The van der Waals surface area contributed by atoms with E-state index >= 15 is 0 Å². The van der Waals surface area contributed by atoms with Crippen molar-refractivity contribution >= 4 is 39.4 Å². The van der Waals surface area contributed by atoms with Gasteiger partial charge in [-0.1, -0.05) is 11.6 Å². The van der Waals surface area contributed by atoms with E-state index in [1.807, 2.05) is 0 Å². The number of nitrogens with zero attached hydrogens (tertiary/aromatic N) is 2. The van der Waals surface area contributed by atoms with Crippen LogP contribution in [-0.2, 0) is 14.8 Å². The highest BCUT2D eigenvalue weighted by atomic mass is 35.5. The second kappa shape index (κ2) is 8.56. The van der Waals surface area contributed by atoms with Crippen LogP contribution in [0.3, 0.4) is 0 Å². The standard InChI is InChI=1S/C17H23ClN6O4S/c1-9(2)20-17(25)28-11-4-3-10(7-11)12-8-15(24-23-12)21-14-6-5-13(16(18)22-14)29(19,26)27/h5-6,8-11H,3-4,7H2,1-2H3,(H,20,25)(H2,19,26,27)(H2,21,22,23,24)/i1D3,2D3,9D. The summed E-state index contributed by atoms with van der Waals surface area (Å²) < 4.78 is 80.0. The largest absolute Gasteiger partial charge is 0.446 e. The van der Waals surface area contributed by atoms with E-state index in [2.05, 4.69) is 20.5 Å². The molecule has 0 spiro atoms. The number of H-pyrrole nitrogens is 1. The number of anilines is 2. The maximum atomic E-state index is 12.2. The van der Waals surface area contributed by atoms with Crippen molar-refractivity contribution in [2.75, 3.05) is 5.32 Å². The summed E-state index contributed by atoms with van der Waals surface area (Å²) in [7, 11) is -4.02. The molecule has 158 valence electrons. The van der Waals surface area contributed by atoms with Gasteiger partial charge in [0.25, 0.3) is 0 Å². The third kappa shape index (κ3) is 5.58. The minimum Gasteiger partial charge on any atom is -0.446 e. The number of carbonyl (C=O) groups is 1. The molecule has 3 rings (SSSR count). The Labute approximate surface area is 183 Å². The third-order valence-corrected chi connectivity index (χ3v) is 5.64. The molecule has 0 saturated heterocycles. The predicted octanol–water partition coefficient (Wildman–Crippen LogP) is 2.62. The van der Waals surface area contributed by atoms with Crippen molar-refractivity contribution in [3.8, 4) is 0 Å². The van der Waals surface area contributed by atoms with Gasteiger partial charge in [-0.3, -0.25) is 5.10 Å². The third-order valence-electron chi connectivity index (χ3n) is 4.30. The van der Waals surface area contributed by atoms with Gasteiger partial charge in [0.15, 0.2) is 11.0 Å². The Hall–Kier alpha value is -2.37. The highest BCUT2D eigenvalue weighted by Crippen LogP contribution is 2.36. The fourth-order valence-corrected chi connectivity index (χ4v) is 4.07. The van der Waals surface area contributed by atoms with Crippen LogP contribution < -0.4 is 15.8 Å². The minimum absolute atomic E-state index is 0.113. The van der Waals surface area contributed by atoms with Crippen molar-refractivity contribution in [2.45, 2.75) is 55.9 Å². The number of pyridine rings is 1. The minimum atomic E-state index is -4.02. The molecular weight excluding hydrogens is 420 g/mol. The molecule has 1 saturated carbocycles. The summed E-state index contributed by atoms with van der Waals surface area (Å²) >= 11 is 5.88. The van der Waals surface area contributed by atoms with Crippen LogP contribution in [0.25, 0.3) is 0 Å². The number of aromatic nitrogens is 3. The van der Waals surface area contributed by atoms with E-state index in [4.69, 9.17) is 31.1 Å². The van der Waals surface area contributed by atoms with E-state index in [-0.39, 0.29) is 21.8 Å². The maximum absolute atomic E-state index is 12.2. The molecule has 1 aliphatic carbocycles. The number of nitrogens with one attached hydrogen (secondary N) is 3. The van der Waals surface area contributed by atoms with Gasteiger partial charge < -0.3 is 15.4 Å². The Morgan fingerprint density at radius 2 is 2.24 bits per heavy atom. The Bertz CT molecular complexity index is 1220. The van der Waals surface area contributed by atoms with Gasteiger partial charge in [-0.15, -0.1) is 0 Å². The zero-order valence-corrected chi connectivity index (χ0v) is 16.5. The first kappa shape index (κ1) is 13.8. The van der Waals surface area contributed by atoms with E-state index in [1.165, 1.54) is 12.1 Å². The van der Waals surface area contributed by atoms with Crippen LogP contribution in [0.4, 0.5) is 16.4 Å². The van der Waals surface area contributed by atoms with Gasteiger partial charge in [0.05, 0.1) is 1.37 Å². The SMILES string of the molecule is [2H]C([2H])([2H])C([2H])(NC(=O)OC1CCC(c2cc(Nc3ccc(S(N)(=O)=O)c(Cl)n3)n[nH]2)C1)C([2H])([2H])[2H]. The van der Waals surface area contributed by atoms with Gasteiger partial charge in [-0.05, 0) is 45.1 Å². The summed E-state index contributed by atoms with van der Waals surface area (Å²) in [6, 6.07) is 1.02. The molecule has 1 amide bonds. The van der Waals surface area contributed by atoms with Gasteiger partial charge >= 0.3 is 6.09 Å². The molecule has 0 radical (unpaired) electrons. The molecular formula is C17H23ClN6O4S. The van der Waals surface area contributed by atoms with E-state index in [0.29, 0.717) is 30.8 Å². The Morgan fingerprint density at radius 3 is 2.93 bits per heavy atom. The fraction of sp³-hybridized carbons (Fsp3) is 0.471. The Kier molecular flexibility index (Phi) is 4.07. The molecule has 10 nitrogen and oxygen atoms in total. The number of sulfonamides is 1. The van der Waals surface area contributed by atoms with Crippen LogP contribution in [0.15, 0.2) is 23.1 Å². The molecule has 2 heterocycles. The van der Waals surface area contributed by atoms with Crippen molar-refractivity contribution in [1.82, 2.24) is 20.5 Å². The van der Waals surface area contributed by atoms with Crippen molar-refractivity contribution in [1.29, 1.82) is 0 Å². The number of primary sulfonamides is 1. The van der Waals surface area contributed by atoms with Crippen LogP contribution in [0, 0.1) is 0 Å². The van der Waals surface area contributed by atoms with Crippen LogP contribution in [-0.4, -0.2) is 41.8 Å². The second-order valence-electron chi connectivity index (χ2n) is 6.40. The fourth-order valence-electron chi connectivity index (χ4n) is 3.06. The lowest BCUT2D eigenvalue weighted by atomic mass is 10.0. The number of amides is 1. The van der Waals surface area contributed by atoms with E-state index in [1.54, 1.807) is 11.4 Å². The van der Waals surface area contributed by atoms with Gasteiger partial charge in [-0.25, -0.2) is 23.3 Å². The normalized spacial score (nSPS) is 24.1. The summed E-state index contributed by atoms with van der Waals surface area (Å²) in [4.78, 5) is 15.8. The summed E-state index contributed by atoms with van der Waals surface area (Å²) in [5.41, 5.74) is 0.691. The molecule has 0 bridgehead atoms. The Balaban J connectivity index is 1.60. The van der Waals surface area contributed by atoms with E-state index in [9.17, 15) is 13.2 Å². The maximum Gasteiger partial charge on any atom is 0.407 e. The molecule has 1 fully saturated rings. The highest BCUT2D eigenvalue weighted by molar-refractivity contribution is 7.89. The first-order valence-electron chi connectivity index (χ1n) is 11.9. The summed E-state index contributed by atoms with van der Waals surface area (Å²) in [6.07, 6.45) is -0.607. The smallest absolute Gasteiger partial charge is 0.407 e. The van der Waals surface area contributed by atoms with Crippen molar-refractivity contribution in [3.63, 3.8) is 0 Å². The zero-order chi connectivity index (χ0) is 27.1. The average molecular weight is 450 g/mol. The molecule has 5 N–H and O–H groups in total. The average Bonchev–Trinajstić information content (AvgIpc) is 3.34. The number of halogens is 1. The first-order chi connectivity index (χ1) is 16.4. The van der Waals surface area contributed by atoms with Gasteiger partial charge in [0, 0.05) is 31.9 Å². The van der Waals surface area contributed by atoms with Gasteiger partial charge in [0.1, 0.15) is 16.8 Å². The molecule has 1 aliphatic rings. The number of carbonyl (C=O) groups excluding carboxylic acids is 1. The molecule has 12 heteroatoms. The van der Waals surface area contributed by atoms with Crippen molar-refractivity contribution < 1.29 is 27.5 Å². The lowest BCUT2D eigenvalue weighted by molar-refractivity contribution is 0.0981. The van der Waals surface area contributed by atoms with Crippen LogP contribution in [0.2, 0.25) is 5.15 Å². The quantitative estimate of drug-likeness (QED) is 0.494. The van der Waals surface area contributed by atoms with Gasteiger partial charge in [0.2, 0.25) is 10.0 Å². The monoisotopic (exact) mass is 449 g/mol.